The second-order valence-corrected chi connectivity index (χ2v) is 4.60. The Morgan fingerprint density at radius 2 is 2.05 bits per heavy atom. The number of carboxylic acids is 1. The van der Waals surface area contributed by atoms with Gasteiger partial charge in [0.1, 0.15) is 11.7 Å². The molecule has 110 valence electrons. The van der Waals surface area contributed by atoms with Gasteiger partial charge in [-0.05, 0) is 6.42 Å². The normalized spacial score (nSPS) is 11.9. The third-order valence-electron chi connectivity index (χ3n) is 2.98. The van der Waals surface area contributed by atoms with Crippen LogP contribution in [0, 0.1) is 0 Å². The maximum absolute atomic E-state index is 12.0. The molecule has 1 heterocycles. The summed E-state index contributed by atoms with van der Waals surface area (Å²) in [5.41, 5.74) is 1.35. The van der Waals surface area contributed by atoms with Crippen LogP contribution in [0.5, 0.6) is 0 Å². The van der Waals surface area contributed by atoms with E-state index in [9.17, 15) is 9.59 Å². The number of nitrogens with one attached hydrogen (secondary N) is 1. The standard InChI is InChI=1S/C15H16N2O4/c1-2-6-11(15(19)20)16-14(18)13-9-12(17-21-13)10-7-4-3-5-8-10/h3-5,7-9,11H,2,6H2,1H3,(H,16,18)(H,19,20)/t11-/m1/s1. The van der Waals surface area contributed by atoms with Crippen molar-refractivity contribution in [1.82, 2.24) is 10.5 Å². The van der Waals surface area contributed by atoms with Crippen LogP contribution in [0.1, 0.15) is 30.3 Å². The van der Waals surface area contributed by atoms with E-state index in [1.165, 1.54) is 6.07 Å². The van der Waals surface area contributed by atoms with Gasteiger partial charge in [0.2, 0.25) is 5.76 Å². The number of aromatic nitrogens is 1. The van der Waals surface area contributed by atoms with E-state index in [0.29, 0.717) is 18.5 Å². The number of carboxylic acid groups (broad SMARTS) is 1. The van der Waals surface area contributed by atoms with Crippen molar-refractivity contribution in [2.75, 3.05) is 0 Å². The van der Waals surface area contributed by atoms with Crippen LogP contribution in [0.3, 0.4) is 0 Å². The molecule has 0 saturated carbocycles. The Morgan fingerprint density at radius 1 is 1.33 bits per heavy atom. The molecule has 0 fully saturated rings. The van der Waals surface area contributed by atoms with E-state index in [1.807, 2.05) is 37.3 Å². The maximum atomic E-state index is 12.0. The van der Waals surface area contributed by atoms with E-state index >= 15 is 0 Å². The number of hydrogen-bond donors (Lipinski definition) is 2. The number of carbonyl (C=O) groups is 2. The van der Waals surface area contributed by atoms with E-state index < -0.39 is 17.9 Å². The molecular formula is C15H16N2O4. The number of rotatable bonds is 6. The minimum Gasteiger partial charge on any atom is -0.480 e. The molecule has 1 aromatic heterocycles. The van der Waals surface area contributed by atoms with Crippen molar-refractivity contribution in [1.29, 1.82) is 0 Å². The van der Waals surface area contributed by atoms with E-state index in [-0.39, 0.29) is 5.76 Å². The smallest absolute Gasteiger partial charge is 0.326 e. The molecule has 0 saturated heterocycles. The molecule has 1 atom stereocenters. The predicted molar refractivity (Wildman–Crippen MR) is 75.7 cm³/mol. The zero-order chi connectivity index (χ0) is 15.2. The molecule has 21 heavy (non-hydrogen) atoms. The molecule has 0 radical (unpaired) electrons. The Balaban J connectivity index is 2.10. The summed E-state index contributed by atoms with van der Waals surface area (Å²) in [6.07, 6.45) is 1.02. The summed E-state index contributed by atoms with van der Waals surface area (Å²) in [7, 11) is 0. The summed E-state index contributed by atoms with van der Waals surface area (Å²) in [6, 6.07) is 9.84. The van der Waals surface area contributed by atoms with Crippen molar-refractivity contribution in [2.24, 2.45) is 0 Å². The highest BCUT2D eigenvalue weighted by molar-refractivity contribution is 5.95. The Kier molecular flexibility index (Phi) is 4.71. The topological polar surface area (TPSA) is 92.4 Å². The fourth-order valence-electron chi connectivity index (χ4n) is 1.90. The van der Waals surface area contributed by atoms with Gasteiger partial charge in [-0.3, -0.25) is 4.79 Å². The van der Waals surface area contributed by atoms with Gasteiger partial charge in [0, 0.05) is 11.6 Å². The zero-order valence-corrected chi connectivity index (χ0v) is 11.6. The summed E-state index contributed by atoms with van der Waals surface area (Å²) in [5.74, 6) is -1.64. The van der Waals surface area contributed by atoms with Crippen LogP contribution < -0.4 is 5.32 Å². The first-order valence-electron chi connectivity index (χ1n) is 6.67. The van der Waals surface area contributed by atoms with Gasteiger partial charge in [0.05, 0.1) is 0 Å². The number of hydrogen-bond acceptors (Lipinski definition) is 4. The third kappa shape index (κ3) is 3.68. The van der Waals surface area contributed by atoms with Crippen molar-refractivity contribution < 1.29 is 19.2 Å². The first-order chi connectivity index (χ1) is 10.1. The SMILES string of the molecule is CCC[C@@H](NC(=O)c1cc(-c2ccccc2)no1)C(=O)O. The summed E-state index contributed by atoms with van der Waals surface area (Å²) < 4.78 is 4.98. The fraction of sp³-hybridized carbons (Fsp3) is 0.267. The maximum Gasteiger partial charge on any atom is 0.326 e. The van der Waals surface area contributed by atoms with Crippen LogP contribution in [0.4, 0.5) is 0 Å². The number of carbonyl (C=O) groups excluding carboxylic acids is 1. The summed E-state index contributed by atoms with van der Waals surface area (Å²) in [6.45, 7) is 1.85. The van der Waals surface area contributed by atoms with Gasteiger partial charge in [0.15, 0.2) is 0 Å². The molecule has 2 aromatic rings. The molecule has 1 amide bonds. The quantitative estimate of drug-likeness (QED) is 0.851. The molecule has 0 aliphatic rings. The molecule has 6 nitrogen and oxygen atoms in total. The average Bonchev–Trinajstić information content (AvgIpc) is 2.97. The number of amides is 1. The van der Waals surface area contributed by atoms with Crippen molar-refractivity contribution in [3.63, 3.8) is 0 Å². The lowest BCUT2D eigenvalue weighted by molar-refractivity contribution is -0.139. The molecule has 1 aromatic carbocycles. The lowest BCUT2D eigenvalue weighted by Crippen LogP contribution is -2.40. The van der Waals surface area contributed by atoms with Crippen molar-refractivity contribution in [3.8, 4) is 11.3 Å². The van der Waals surface area contributed by atoms with E-state index in [1.54, 1.807) is 0 Å². The highest BCUT2D eigenvalue weighted by Gasteiger charge is 2.22. The minimum atomic E-state index is -1.06. The van der Waals surface area contributed by atoms with Gasteiger partial charge in [-0.2, -0.15) is 0 Å². The Labute approximate surface area is 121 Å². The molecule has 0 aliphatic heterocycles. The molecule has 0 bridgehead atoms. The molecular weight excluding hydrogens is 272 g/mol. The first kappa shape index (κ1) is 14.8. The molecule has 0 unspecified atom stereocenters. The van der Waals surface area contributed by atoms with Crippen LogP contribution in [-0.4, -0.2) is 28.2 Å². The largest absolute Gasteiger partial charge is 0.480 e. The highest BCUT2D eigenvalue weighted by atomic mass is 16.5. The number of nitrogens with zero attached hydrogens (tertiary/aromatic N) is 1. The Morgan fingerprint density at radius 3 is 2.67 bits per heavy atom. The minimum absolute atomic E-state index is 0.00351. The van der Waals surface area contributed by atoms with E-state index in [2.05, 4.69) is 10.5 Å². The highest BCUT2D eigenvalue weighted by Crippen LogP contribution is 2.18. The molecule has 0 spiro atoms. The van der Waals surface area contributed by atoms with Gasteiger partial charge < -0.3 is 14.9 Å². The lowest BCUT2D eigenvalue weighted by Gasteiger charge is -2.11. The molecule has 2 N–H and O–H groups in total. The lowest BCUT2D eigenvalue weighted by atomic mass is 10.1. The summed E-state index contributed by atoms with van der Waals surface area (Å²) in [5, 5.41) is 15.3. The summed E-state index contributed by atoms with van der Waals surface area (Å²) >= 11 is 0. The van der Waals surface area contributed by atoms with Gasteiger partial charge in [-0.15, -0.1) is 0 Å². The monoisotopic (exact) mass is 288 g/mol. The van der Waals surface area contributed by atoms with Crippen LogP contribution in [0.15, 0.2) is 40.9 Å². The van der Waals surface area contributed by atoms with Crippen molar-refractivity contribution in [2.45, 2.75) is 25.8 Å². The van der Waals surface area contributed by atoms with Crippen molar-refractivity contribution >= 4 is 11.9 Å². The second-order valence-electron chi connectivity index (χ2n) is 4.60. The summed E-state index contributed by atoms with van der Waals surface area (Å²) in [4.78, 5) is 23.0. The van der Waals surface area contributed by atoms with Crippen LogP contribution in [-0.2, 0) is 4.79 Å². The van der Waals surface area contributed by atoms with Crippen LogP contribution in [0.25, 0.3) is 11.3 Å². The predicted octanol–water partition coefficient (Wildman–Crippen LogP) is 2.32. The number of benzene rings is 1. The Hall–Kier alpha value is -2.63. The molecule has 2 rings (SSSR count). The molecule has 0 aliphatic carbocycles. The van der Waals surface area contributed by atoms with E-state index in [0.717, 1.165) is 5.56 Å². The third-order valence-corrected chi connectivity index (χ3v) is 2.98. The second kappa shape index (κ2) is 6.69. The average molecular weight is 288 g/mol. The van der Waals surface area contributed by atoms with Crippen molar-refractivity contribution in [3.05, 3.63) is 42.2 Å². The van der Waals surface area contributed by atoms with Gasteiger partial charge in [0.25, 0.3) is 5.91 Å². The van der Waals surface area contributed by atoms with Gasteiger partial charge >= 0.3 is 5.97 Å². The van der Waals surface area contributed by atoms with E-state index in [4.69, 9.17) is 9.63 Å². The number of aliphatic carboxylic acids is 1. The van der Waals surface area contributed by atoms with Crippen LogP contribution >= 0.6 is 0 Å². The molecule has 6 heteroatoms. The fourth-order valence-corrected chi connectivity index (χ4v) is 1.90. The van der Waals surface area contributed by atoms with Gasteiger partial charge in [-0.1, -0.05) is 48.8 Å². The first-order valence-corrected chi connectivity index (χ1v) is 6.67. The zero-order valence-electron chi connectivity index (χ0n) is 11.6. The Bertz CT molecular complexity index is 622. The van der Waals surface area contributed by atoms with Crippen LogP contribution in [0.2, 0.25) is 0 Å². The van der Waals surface area contributed by atoms with Gasteiger partial charge in [-0.25, -0.2) is 4.79 Å².